The summed E-state index contributed by atoms with van der Waals surface area (Å²) in [6.07, 6.45) is 0.302. The molecule has 1 aromatic heterocycles. The molecule has 0 unspecified atom stereocenters. The number of aliphatic hydroxyl groups excluding tert-OH is 1. The summed E-state index contributed by atoms with van der Waals surface area (Å²) >= 11 is 0. The second-order valence-corrected chi connectivity index (χ2v) is 8.15. The molecule has 0 radical (unpaired) electrons. The Bertz CT molecular complexity index is 1010. The average molecular weight is 456 g/mol. The van der Waals surface area contributed by atoms with Gasteiger partial charge in [0.2, 0.25) is 5.88 Å². The lowest BCUT2D eigenvalue weighted by molar-refractivity contribution is 0.0111. The minimum Gasteiger partial charge on any atom is -0.435 e. The van der Waals surface area contributed by atoms with Crippen LogP contribution in [0, 0.1) is 12.7 Å². The first-order chi connectivity index (χ1) is 15.9. The van der Waals surface area contributed by atoms with Crippen LogP contribution in [0.2, 0.25) is 0 Å². The number of hydrogen-bond acceptors (Lipinski definition) is 5. The number of benzene rings is 2. The molecule has 1 N–H and O–H groups in total. The largest absolute Gasteiger partial charge is 0.435 e. The Kier molecular flexibility index (Phi) is 9.00. The Morgan fingerprint density at radius 3 is 2.45 bits per heavy atom. The summed E-state index contributed by atoms with van der Waals surface area (Å²) in [6, 6.07) is 16.2. The van der Waals surface area contributed by atoms with Crippen LogP contribution >= 0.6 is 0 Å². The molecule has 3 aromatic rings. The molecule has 178 valence electrons. The summed E-state index contributed by atoms with van der Waals surface area (Å²) < 4.78 is 27.7. The van der Waals surface area contributed by atoms with Crippen molar-refractivity contribution < 1.29 is 19.0 Å². The van der Waals surface area contributed by atoms with Gasteiger partial charge in [0, 0.05) is 25.7 Å². The highest BCUT2D eigenvalue weighted by molar-refractivity contribution is 5.43. The summed E-state index contributed by atoms with van der Waals surface area (Å²) in [7, 11) is 0. The van der Waals surface area contributed by atoms with Crippen molar-refractivity contribution in [3.8, 4) is 17.3 Å². The Hall–Kier alpha value is -2.74. The van der Waals surface area contributed by atoms with Crippen molar-refractivity contribution in [3.05, 3.63) is 71.7 Å². The van der Waals surface area contributed by atoms with Crippen molar-refractivity contribution in [1.29, 1.82) is 0 Å². The van der Waals surface area contributed by atoms with Crippen LogP contribution in [0.4, 0.5) is 4.39 Å². The van der Waals surface area contributed by atoms with Crippen LogP contribution in [-0.2, 0) is 11.3 Å². The number of halogens is 1. The molecule has 0 aliphatic heterocycles. The number of hydrogen-bond donors (Lipinski definition) is 1. The van der Waals surface area contributed by atoms with Crippen LogP contribution in [0.3, 0.4) is 0 Å². The Balaban J connectivity index is 2.00. The summed E-state index contributed by atoms with van der Waals surface area (Å²) in [5.74, 6) is 0.173. The van der Waals surface area contributed by atoms with Gasteiger partial charge in [-0.1, -0.05) is 37.3 Å². The Morgan fingerprint density at radius 1 is 1.09 bits per heavy atom. The second kappa shape index (κ2) is 11.9. The van der Waals surface area contributed by atoms with Crippen molar-refractivity contribution in [2.75, 3.05) is 19.8 Å². The van der Waals surface area contributed by atoms with E-state index in [4.69, 9.17) is 14.6 Å². The standard InChI is InChI=1S/C26H34FN3O3/c1-5-19(3)29(16-22(31)18-32-6-2)17-23-20(4)28-30(21-12-8-7-9-13-21)26(23)33-25-15-11-10-14-24(25)27/h7-15,19,22,31H,5-6,16-18H2,1-4H3/t19-,22+/m0/s1. The van der Waals surface area contributed by atoms with E-state index < -0.39 is 11.9 Å². The van der Waals surface area contributed by atoms with Crippen LogP contribution in [0.25, 0.3) is 5.69 Å². The maximum absolute atomic E-state index is 14.5. The van der Waals surface area contributed by atoms with Crippen molar-refractivity contribution in [1.82, 2.24) is 14.7 Å². The normalized spacial score (nSPS) is 13.3. The zero-order valence-corrected chi connectivity index (χ0v) is 19.9. The quantitative estimate of drug-likeness (QED) is 0.411. The number of nitrogens with zero attached hydrogens (tertiary/aromatic N) is 3. The van der Waals surface area contributed by atoms with E-state index in [2.05, 4.69) is 18.7 Å². The molecule has 2 aromatic carbocycles. The van der Waals surface area contributed by atoms with Crippen molar-refractivity contribution in [2.24, 2.45) is 0 Å². The van der Waals surface area contributed by atoms with Crippen LogP contribution in [-0.4, -0.2) is 51.7 Å². The lowest BCUT2D eigenvalue weighted by atomic mass is 10.1. The molecule has 1 heterocycles. The minimum atomic E-state index is -0.612. The van der Waals surface area contributed by atoms with E-state index in [1.54, 1.807) is 22.9 Å². The van der Waals surface area contributed by atoms with Gasteiger partial charge in [-0.25, -0.2) is 9.07 Å². The van der Waals surface area contributed by atoms with Gasteiger partial charge < -0.3 is 14.6 Å². The van der Waals surface area contributed by atoms with Gasteiger partial charge in [-0.05, 0) is 51.5 Å². The molecule has 0 bridgehead atoms. The number of ether oxygens (including phenoxy) is 2. The van der Waals surface area contributed by atoms with Gasteiger partial charge in [-0.2, -0.15) is 5.10 Å². The number of aryl methyl sites for hydroxylation is 1. The van der Waals surface area contributed by atoms with Crippen LogP contribution in [0.1, 0.15) is 38.4 Å². The number of aromatic nitrogens is 2. The minimum absolute atomic E-state index is 0.141. The first kappa shape index (κ1) is 24.9. The zero-order chi connectivity index (χ0) is 23.8. The Labute approximate surface area is 195 Å². The van der Waals surface area contributed by atoms with Gasteiger partial charge in [0.05, 0.1) is 29.7 Å². The topological polar surface area (TPSA) is 59.8 Å². The predicted molar refractivity (Wildman–Crippen MR) is 127 cm³/mol. The highest BCUT2D eigenvalue weighted by Crippen LogP contribution is 2.33. The zero-order valence-electron chi connectivity index (χ0n) is 19.9. The van der Waals surface area contributed by atoms with Crippen molar-refractivity contribution >= 4 is 0 Å². The molecular weight excluding hydrogens is 421 g/mol. The smallest absolute Gasteiger partial charge is 0.227 e. The molecular formula is C26H34FN3O3. The molecule has 0 saturated heterocycles. The SMILES string of the molecule is CCOC[C@H](O)CN(Cc1c(C)nn(-c2ccccc2)c1Oc1ccccc1F)[C@@H](C)CC. The molecule has 0 spiro atoms. The number of para-hydroxylation sites is 2. The Morgan fingerprint density at radius 2 is 1.79 bits per heavy atom. The monoisotopic (exact) mass is 455 g/mol. The van der Waals surface area contributed by atoms with Gasteiger partial charge in [-0.15, -0.1) is 0 Å². The van der Waals surface area contributed by atoms with Crippen molar-refractivity contribution in [3.63, 3.8) is 0 Å². The van der Waals surface area contributed by atoms with Crippen molar-refractivity contribution in [2.45, 2.75) is 52.8 Å². The van der Waals surface area contributed by atoms with E-state index >= 15 is 0 Å². The molecule has 6 nitrogen and oxygen atoms in total. The fourth-order valence-electron chi connectivity index (χ4n) is 3.64. The maximum Gasteiger partial charge on any atom is 0.227 e. The molecule has 0 saturated carbocycles. The van der Waals surface area contributed by atoms with Gasteiger partial charge in [-0.3, -0.25) is 4.90 Å². The summed E-state index contributed by atoms with van der Waals surface area (Å²) in [4.78, 5) is 2.19. The average Bonchev–Trinajstić information content (AvgIpc) is 3.13. The van der Waals surface area contributed by atoms with Crippen LogP contribution in [0.15, 0.2) is 54.6 Å². The molecule has 0 aliphatic rings. The third kappa shape index (κ3) is 6.41. The first-order valence-corrected chi connectivity index (χ1v) is 11.5. The highest BCUT2D eigenvalue weighted by Gasteiger charge is 2.25. The summed E-state index contributed by atoms with van der Waals surface area (Å²) in [6.45, 7) is 9.87. The fraction of sp³-hybridized carbons (Fsp3) is 0.423. The molecule has 7 heteroatoms. The first-order valence-electron chi connectivity index (χ1n) is 11.5. The van der Waals surface area contributed by atoms with E-state index in [0.29, 0.717) is 25.6 Å². The van der Waals surface area contributed by atoms with Crippen LogP contribution in [0.5, 0.6) is 11.6 Å². The predicted octanol–water partition coefficient (Wildman–Crippen LogP) is 5.11. The highest BCUT2D eigenvalue weighted by atomic mass is 19.1. The van der Waals surface area contributed by atoms with Crippen LogP contribution < -0.4 is 4.74 Å². The molecule has 2 atom stereocenters. The van der Waals surface area contributed by atoms with E-state index in [1.807, 2.05) is 44.2 Å². The molecule has 0 fully saturated rings. The number of rotatable bonds is 12. The fourth-order valence-corrected chi connectivity index (χ4v) is 3.64. The van der Waals surface area contributed by atoms with E-state index in [1.165, 1.54) is 6.07 Å². The third-order valence-corrected chi connectivity index (χ3v) is 5.72. The summed E-state index contributed by atoms with van der Waals surface area (Å²) in [5, 5.41) is 15.2. The molecule has 33 heavy (non-hydrogen) atoms. The van der Waals surface area contributed by atoms with Gasteiger partial charge >= 0.3 is 0 Å². The van der Waals surface area contributed by atoms with E-state index in [9.17, 15) is 9.50 Å². The van der Waals surface area contributed by atoms with E-state index in [-0.39, 0.29) is 18.4 Å². The lowest BCUT2D eigenvalue weighted by Crippen LogP contribution is -2.40. The maximum atomic E-state index is 14.5. The van der Waals surface area contributed by atoms with E-state index in [0.717, 1.165) is 23.4 Å². The lowest BCUT2D eigenvalue weighted by Gasteiger charge is -2.30. The van der Waals surface area contributed by atoms with Gasteiger partial charge in [0.15, 0.2) is 11.6 Å². The third-order valence-electron chi connectivity index (χ3n) is 5.72. The second-order valence-electron chi connectivity index (χ2n) is 8.15. The summed E-state index contributed by atoms with van der Waals surface area (Å²) in [5.41, 5.74) is 2.47. The molecule has 0 amide bonds. The van der Waals surface area contributed by atoms with Gasteiger partial charge in [0.25, 0.3) is 0 Å². The van der Waals surface area contributed by atoms with Gasteiger partial charge in [0.1, 0.15) is 0 Å². The molecule has 0 aliphatic carbocycles. The molecule has 3 rings (SSSR count). The number of aliphatic hydroxyl groups is 1.